The van der Waals surface area contributed by atoms with E-state index in [0.717, 1.165) is 4.90 Å². The van der Waals surface area contributed by atoms with Gasteiger partial charge in [0, 0.05) is 16.0 Å². The number of halogens is 1. The molecule has 0 radical (unpaired) electrons. The van der Waals surface area contributed by atoms with Gasteiger partial charge in [0.05, 0.1) is 0 Å². The van der Waals surface area contributed by atoms with Crippen molar-refractivity contribution in [1.29, 1.82) is 0 Å². The van der Waals surface area contributed by atoms with Crippen LogP contribution in [0.4, 0.5) is 0 Å². The largest absolute Gasteiger partial charge is 0.362 e. The fourth-order valence-corrected chi connectivity index (χ4v) is 2.44. The summed E-state index contributed by atoms with van der Waals surface area (Å²) in [6, 6.07) is 7.59. The predicted molar refractivity (Wildman–Crippen MR) is 68.8 cm³/mol. The van der Waals surface area contributed by atoms with Gasteiger partial charge in [0.15, 0.2) is 5.16 Å². The van der Waals surface area contributed by atoms with Gasteiger partial charge in [-0.05, 0) is 38.1 Å². The third-order valence-corrected chi connectivity index (χ3v) is 3.39. The summed E-state index contributed by atoms with van der Waals surface area (Å²) in [5.41, 5.74) is -0.324. The predicted octanol–water partition coefficient (Wildman–Crippen LogP) is 2.96. The summed E-state index contributed by atoms with van der Waals surface area (Å²) in [5, 5.41) is 4.03. The second kappa shape index (κ2) is 4.98. The molecular weight excluding hydrogens is 258 g/mol. The Morgan fingerprint density at radius 3 is 2.59 bits per heavy atom. The first-order chi connectivity index (χ1) is 8.06. The third-order valence-electron chi connectivity index (χ3n) is 2.16. The van der Waals surface area contributed by atoms with Gasteiger partial charge in [-0.15, -0.1) is 0 Å². The summed E-state index contributed by atoms with van der Waals surface area (Å²) in [6.07, 6.45) is 0. The fourth-order valence-electron chi connectivity index (χ4n) is 1.35. The Balaban J connectivity index is 2.29. The molecule has 0 unspecified atom stereocenters. The van der Waals surface area contributed by atoms with E-state index in [1.807, 2.05) is 38.1 Å². The molecule has 1 aromatic heterocycles. The van der Waals surface area contributed by atoms with Crippen molar-refractivity contribution in [3.8, 4) is 0 Å². The van der Waals surface area contributed by atoms with Crippen LogP contribution in [0, 0.1) is 0 Å². The molecule has 0 aliphatic rings. The van der Waals surface area contributed by atoms with Crippen molar-refractivity contribution in [2.24, 2.45) is 0 Å². The second-order valence-electron chi connectivity index (χ2n) is 3.83. The van der Waals surface area contributed by atoms with E-state index in [-0.39, 0.29) is 11.7 Å². The molecule has 2 aromatic rings. The van der Waals surface area contributed by atoms with E-state index in [0.29, 0.717) is 10.2 Å². The molecule has 1 N–H and O–H groups in total. The first-order valence-electron chi connectivity index (χ1n) is 5.18. The number of aromatic amines is 1. The molecule has 0 saturated carbocycles. The molecule has 4 nitrogen and oxygen atoms in total. The molecule has 0 fully saturated rings. The van der Waals surface area contributed by atoms with Gasteiger partial charge in [0.2, 0.25) is 0 Å². The summed E-state index contributed by atoms with van der Waals surface area (Å²) < 4.78 is 1.75. The van der Waals surface area contributed by atoms with Crippen LogP contribution < -0.4 is 5.69 Å². The average Bonchev–Trinajstić information content (AvgIpc) is 2.63. The lowest BCUT2D eigenvalue weighted by molar-refractivity contribution is 0.484. The van der Waals surface area contributed by atoms with Crippen LogP contribution in [-0.2, 0) is 0 Å². The van der Waals surface area contributed by atoms with Gasteiger partial charge in [0.25, 0.3) is 0 Å². The number of hydrogen-bond donors (Lipinski definition) is 1. The van der Waals surface area contributed by atoms with Crippen molar-refractivity contribution in [2.75, 3.05) is 0 Å². The molecule has 0 atom stereocenters. The topological polar surface area (TPSA) is 50.7 Å². The van der Waals surface area contributed by atoms with Gasteiger partial charge >= 0.3 is 5.69 Å². The van der Waals surface area contributed by atoms with Gasteiger partial charge in [0.1, 0.15) is 0 Å². The third kappa shape index (κ3) is 2.92. The number of hydrogen-bond acceptors (Lipinski definition) is 3. The average molecular weight is 270 g/mol. The Hall–Kier alpha value is -1.20. The van der Waals surface area contributed by atoms with Gasteiger partial charge in [-0.1, -0.05) is 23.4 Å². The first-order valence-corrected chi connectivity index (χ1v) is 6.37. The zero-order chi connectivity index (χ0) is 12.4. The maximum absolute atomic E-state index is 11.2. The highest BCUT2D eigenvalue weighted by Crippen LogP contribution is 2.27. The number of nitrogens with one attached hydrogen (secondary N) is 1. The Labute approximate surface area is 108 Å². The molecule has 2 rings (SSSR count). The Bertz CT molecular complexity index is 559. The van der Waals surface area contributed by atoms with Crippen LogP contribution in [0.5, 0.6) is 0 Å². The summed E-state index contributed by atoms with van der Waals surface area (Å²) in [4.78, 5) is 16.2. The highest BCUT2D eigenvalue weighted by Gasteiger charge is 2.10. The molecule has 0 spiro atoms. The number of benzene rings is 1. The van der Waals surface area contributed by atoms with E-state index >= 15 is 0 Å². The molecule has 17 heavy (non-hydrogen) atoms. The molecule has 90 valence electrons. The zero-order valence-electron chi connectivity index (χ0n) is 9.48. The van der Waals surface area contributed by atoms with Crippen LogP contribution in [0.3, 0.4) is 0 Å². The lowest BCUT2D eigenvalue weighted by Gasteiger charge is -2.09. The maximum Gasteiger partial charge on any atom is 0.362 e. The number of H-pyrrole nitrogens is 1. The zero-order valence-corrected chi connectivity index (χ0v) is 11.0. The molecule has 0 amide bonds. The van der Waals surface area contributed by atoms with Crippen molar-refractivity contribution in [3.63, 3.8) is 0 Å². The minimum absolute atomic E-state index is 0.167. The van der Waals surface area contributed by atoms with E-state index in [4.69, 9.17) is 11.6 Å². The minimum atomic E-state index is -0.324. The van der Waals surface area contributed by atoms with Gasteiger partial charge in [-0.2, -0.15) is 4.98 Å². The van der Waals surface area contributed by atoms with Crippen molar-refractivity contribution in [2.45, 2.75) is 29.9 Å². The Morgan fingerprint density at radius 2 is 2.00 bits per heavy atom. The number of rotatable bonds is 3. The SMILES string of the molecule is CC(C)n1[nH]c(=O)nc1Sc1ccc(Cl)cc1. The Morgan fingerprint density at radius 1 is 1.35 bits per heavy atom. The summed E-state index contributed by atoms with van der Waals surface area (Å²) in [5.74, 6) is 0. The van der Waals surface area contributed by atoms with E-state index in [1.165, 1.54) is 11.8 Å². The maximum atomic E-state index is 11.2. The molecule has 6 heteroatoms. The normalized spacial score (nSPS) is 11.1. The monoisotopic (exact) mass is 269 g/mol. The molecule has 0 saturated heterocycles. The summed E-state index contributed by atoms with van der Waals surface area (Å²) in [7, 11) is 0. The van der Waals surface area contributed by atoms with Gasteiger partial charge in [-0.25, -0.2) is 9.89 Å². The highest BCUT2D eigenvalue weighted by molar-refractivity contribution is 7.99. The van der Waals surface area contributed by atoms with Crippen LogP contribution in [0.15, 0.2) is 39.1 Å². The van der Waals surface area contributed by atoms with Crippen molar-refractivity contribution < 1.29 is 0 Å². The molecule has 1 heterocycles. The molecule has 0 bridgehead atoms. The number of aromatic nitrogens is 3. The second-order valence-corrected chi connectivity index (χ2v) is 5.31. The van der Waals surface area contributed by atoms with Crippen molar-refractivity contribution in [3.05, 3.63) is 39.8 Å². The van der Waals surface area contributed by atoms with E-state index in [9.17, 15) is 4.79 Å². The quantitative estimate of drug-likeness (QED) is 0.932. The van der Waals surface area contributed by atoms with Crippen molar-refractivity contribution >= 4 is 23.4 Å². The van der Waals surface area contributed by atoms with Crippen LogP contribution in [0.2, 0.25) is 5.02 Å². The van der Waals surface area contributed by atoms with E-state index < -0.39 is 0 Å². The fraction of sp³-hybridized carbons (Fsp3) is 0.273. The smallest absolute Gasteiger partial charge is 0.258 e. The summed E-state index contributed by atoms with van der Waals surface area (Å²) in [6.45, 7) is 3.98. The van der Waals surface area contributed by atoms with E-state index in [1.54, 1.807) is 4.68 Å². The van der Waals surface area contributed by atoms with Gasteiger partial charge < -0.3 is 0 Å². The van der Waals surface area contributed by atoms with E-state index in [2.05, 4.69) is 10.1 Å². The van der Waals surface area contributed by atoms with Gasteiger partial charge in [-0.3, -0.25) is 4.68 Å². The van der Waals surface area contributed by atoms with Crippen LogP contribution in [0.1, 0.15) is 19.9 Å². The molecule has 1 aromatic carbocycles. The van der Waals surface area contributed by atoms with Crippen LogP contribution in [0.25, 0.3) is 0 Å². The molecular formula is C11H12ClN3OS. The van der Waals surface area contributed by atoms with Crippen LogP contribution >= 0.6 is 23.4 Å². The summed E-state index contributed by atoms with van der Waals surface area (Å²) >= 11 is 7.25. The van der Waals surface area contributed by atoms with Crippen LogP contribution in [-0.4, -0.2) is 14.8 Å². The molecule has 0 aliphatic heterocycles. The standard InChI is InChI=1S/C11H12ClN3OS/c1-7(2)15-11(13-10(16)14-15)17-9-5-3-8(12)4-6-9/h3-7H,1-2H3,(H,14,16). The molecule has 0 aliphatic carbocycles. The highest BCUT2D eigenvalue weighted by atomic mass is 35.5. The lowest BCUT2D eigenvalue weighted by Crippen LogP contribution is -2.08. The minimum Gasteiger partial charge on any atom is -0.258 e. The number of nitrogens with zero attached hydrogens (tertiary/aromatic N) is 2. The Kier molecular flexibility index (Phi) is 3.59. The first kappa shape index (κ1) is 12.3. The van der Waals surface area contributed by atoms with Crippen molar-refractivity contribution in [1.82, 2.24) is 14.8 Å². The lowest BCUT2D eigenvalue weighted by atomic mass is 10.4.